The van der Waals surface area contributed by atoms with Crippen LogP contribution in [0.1, 0.15) is 5.56 Å². The number of morpholine rings is 1. The first kappa shape index (κ1) is 17.6. The maximum Gasteiger partial charge on any atom is 0.250 e. The topological polar surface area (TPSA) is 78.8 Å². The maximum atomic E-state index is 5.39. The van der Waals surface area contributed by atoms with Crippen LogP contribution in [0.5, 0.6) is 0 Å². The molecule has 3 rings (SSSR count). The zero-order chi connectivity index (χ0) is 17.6. The Morgan fingerprint density at radius 2 is 1.88 bits per heavy atom. The van der Waals surface area contributed by atoms with Crippen LogP contribution in [-0.2, 0) is 4.74 Å². The Morgan fingerprint density at radius 1 is 1.16 bits per heavy atom. The molecule has 1 fully saturated rings. The summed E-state index contributed by atoms with van der Waals surface area (Å²) < 4.78 is 6.41. The van der Waals surface area contributed by atoms with Gasteiger partial charge in [0.15, 0.2) is 0 Å². The van der Waals surface area contributed by atoms with Gasteiger partial charge in [0, 0.05) is 31.7 Å². The lowest BCUT2D eigenvalue weighted by Gasteiger charge is -2.27. The summed E-state index contributed by atoms with van der Waals surface area (Å²) in [7, 11) is 3.79. The van der Waals surface area contributed by atoms with Gasteiger partial charge in [0.25, 0.3) is 0 Å². The zero-order valence-electron chi connectivity index (χ0n) is 14.2. The van der Waals surface area contributed by atoms with Crippen molar-refractivity contribution < 1.29 is 4.74 Å². The van der Waals surface area contributed by atoms with E-state index >= 15 is 0 Å². The van der Waals surface area contributed by atoms with Gasteiger partial charge in [-0.15, -0.1) is 0 Å². The normalized spacial score (nSPS) is 14.8. The second-order valence-electron chi connectivity index (χ2n) is 5.67. The molecule has 1 aliphatic heterocycles. The Balaban J connectivity index is 1.77. The van der Waals surface area contributed by atoms with Gasteiger partial charge in [-0.05, 0) is 17.7 Å². The van der Waals surface area contributed by atoms with Crippen molar-refractivity contribution >= 4 is 40.0 Å². The van der Waals surface area contributed by atoms with E-state index in [0.717, 1.165) is 23.1 Å². The minimum Gasteiger partial charge on any atom is -0.378 e. The van der Waals surface area contributed by atoms with Crippen molar-refractivity contribution in [2.24, 2.45) is 5.10 Å². The third-order valence-corrected chi connectivity index (χ3v) is 4.08. The summed E-state index contributed by atoms with van der Waals surface area (Å²) in [4.78, 5) is 17.3. The van der Waals surface area contributed by atoms with Crippen molar-refractivity contribution in [3.8, 4) is 0 Å². The Morgan fingerprint density at radius 3 is 2.56 bits per heavy atom. The molecule has 0 atom stereocenters. The molecule has 132 valence electrons. The highest BCUT2D eigenvalue weighted by molar-refractivity contribution is 9.10. The van der Waals surface area contributed by atoms with Gasteiger partial charge in [0.05, 0.1) is 19.4 Å². The van der Waals surface area contributed by atoms with Crippen LogP contribution in [0.4, 0.5) is 17.8 Å². The van der Waals surface area contributed by atoms with Crippen LogP contribution in [0.2, 0.25) is 0 Å². The molecule has 1 aromatic heterocycles. The quantitative estimate of drug-likeness (QED) is 0.601. The average Bonchev–Trinajstić information content (AvgIpc) is 2.64. The summed E-state index contributed by atoms with van der Waals surface area (Å²) in [6, 6.07) is 7.86. The van der Waals surface area contributed by atoms with Crippen LogP contribution in [0.25, 0.3) is 0 Å². The minimum absolute atomic E-state index is 0.411. The average molecular weight is 406 g/mol. The van der Waals surface area contributed by atoms with Gasteiger partial charge in [0.2, 0.25) is 17.8 Å². The summed E-state index contributed by atoms with van der Waals surface area (Å²) >= 11 is 3.41. The number of hydrogen-bond donors (Lipinski definition) is 1. The lowest BCUT2D eigenvalue weighted by atomic mass is 10.2. The number of anilines is 3. The van der Waals surface area contributed by atoms with E-state index in [2.05, 4.69) is 46.3 Å². The van der Waals surface area contributed by atoms with E-state index in [-0.39, 0.29) is 0 Å². The summed E-state index contributed by atoms with van der Waals surface area (Å²) in [6.07, 6.45) is 1.72. The standard InChI is InChI=1S/C16H20BrN7O/c1-23(2)15-19-14(20-16(21-15)24-7-9-25-10-8-24)22-18-11-12-3-5-13(17)6-4-12/h3-6,11H,7-10H2,1-2H3,(H,19,20,21,22)/b18-11-. The van der Waals surface area contributed by atoms with Gasteiger partial charge in [0.1, 0.15) is 0 Å². The lowest BCUT2D eigenvalue weighted by molar-refractivity contribution is 0.122. The minimum atomic E-state index is 0.411. The van der Waals surface area contributed by atoms with Gasteiger partial charge < -0.3 is 14.5 Å². The summed E-state index contributed by atoms with van der Waals surface area (Å²) in [5.74, 6) is 1.62. The van der Waals surface area contributed by atoms with Gasteiger partial charge in [-0.1, -0.05) is 28.1 Å². The molecular weight excluding hydrogens is 386 g/mol. The molecule has 0 radical (unpaired) electrons. The van der Waals surface area contributed by atoms with Crippen molar-refractivity contribution in [3.63, 3.8) is 0 Å². The van der Waals surface area contributed by atoms with Gasteiger partial charge >= 0.3 is 0 Å². The molecule has 0 spiro atoms. The summed E-state index contributed by atoms with van der Waals surface area (Å²) in [5, 5.41) is 4.22. The van der Waals surface area contributed by atoms with Crippen LogP contribution in [0.15, 0.2) is 33.8 Å². The van der Waals surface area contributed by atoms with E-state index < -0.39 is 0 Å². The number of aromatic nitrogens is 3. The van der Waals surface area contributed by atoms with Crippen molar-refractivity contribution in [1.29, 1.82) is 0 Å². The van der Waals surface area contributed by atoms with E-state index in [1.54, 1.807) is 6.21 Å². The Labute approximate surface area is 155 Å². The number of ether oxygens (including phenoxy) is 1. The molecule has 1 aliphatic rings. The number of hydrazone groups is 1. The Hall–Kier alpha value is -2.26. The molecule has 1 saturated heterocycles. The van der Waals surface area contributed by atoms with Crippen molar-refractivity contribution in [2.45, 2.75) is 0 Å². The number of benzene rings is 1. The molecule has 0 amide bonds. The number of hydrogen-bond acceptors (Lipinski definition) is 8. The third kappa shape index (κ3) is 4.86. The molecule has 0 bridgehead atoms. The first-order valence-corrected chi connectivity index (χ1v) is 8.72. The number of nitrogens with one attached hydrogen (secondary N) is 1. The molecule has 0 unspecified atom stereocenters. The second kappa shape index (κ2) is 8.21. The van der Waals surface area contributed by atoms with Crippen molar-refractivity contribution in [1.82, 2.24) is 15.0 Å². The highest BCUT2D eigenvalue weighted by Gasteiger charge is 2.17. The predicted octanol–water partition coefficient (Wildman–Crippen LogP) is 1.98. The number of nitrogens with zero attached hydrogens (tertiary/aromatic N) is 6. The lowest BCUT2D eigenvalue weighted by Crippen LogP contribution is -2.37. The summed E-state index contributed by atoms with van der Waals surface area (Å²) in [6.45, 7) is 2.87. The molecule has 25 heavy (non-hydrogen) atoms. The maximum absolute atomic E-state index is 5.39. The van der Waals surface area contributed by atoms with Crippen LogP contribution < -0.4 is 15.2 Å². The van der Waals surface area contributed by atoms with Crippen LogP contribution >= 0.6 is 15.9 Å². The summed E-state index contributed by atoms with van der Waals surface area (Å²) in [5.41, 5.74) is 3.87. The molecule has 9 heteroatoms. The largest absolute Gasteiger partial charge is 0.378 e. The highest BCUT2D eigenvalue weighted by Crippen LogP contribution is 2.16. The van der Waals surface area contributed by atoms with E-state index in [1.807, 2.05) is 43.3 Å². The van der Waals surface area contributed by atoms with Crippen LogP contribution in [0.3, 0.4) is 0 Å². The molecular formula is C16H20BrN7O. The Kier molecular flexibility index (Phi) is 5.77. The van der Waals surface area contributed by atoms with Gasteiger partial charge in [-0.25, -0.2) is 5.43 Å². The highest BCUT2D eigenvalue weighted by atomic mass is 79.9. The molecule has 1 aromatic carbocycles. The molecule has 0 aliphatic carbocycles. The molecule has 1 N–H and O–H groups in total. The fourth-order valence-electron chi connectivity index (χ4n) is 2.22. The SMILES string of the molecule is CN(C)c1nc(N/N=C\c2ccc(Br)cc2)nc(N2CCOCC2)n1. The first-order valence-electron chi connectivity index (χ1n) is 7.92. The van der Waals surface area contributed by atoms with Gasteiger partial charge in [-0.2, -0.15) is 20.1 Å². The monoisotopic (exact) mass is 405 g/mol. The fourth-order valence-corrected chi connectivity index (χ4v) is 2.49. The van der Waals surface area contributed by atoms with E-state index in [4.69, 9.17) is 4.74 Å². The number of halogens is 1. The molecule has 8 nitrogen and oxygen atoms in total. The zero-order valence-corrected chi connectivity index (χ0v) is 15.8. The fraction of sp³-hybridized carbons (Fsp3) is 0.375. The predicted molar refractivity (Wildman–Crippen MR) is 103 cm³/mol. The van der Waals surface area contributed by atoms with Crippen molar-refractivity contribution in [3.05, 3.63) is 34.3 Å². The Bertz CT molecular complexity index is 730. The third-order valence-electron chi connectivity index (χ3n) is 3.55. The van der Waals surface area contributed by atoms with E-state index in [1.165, 1.54) is 0 Å². The smallest absolute Gasteiger partial charge is 0.250 e. The second-order valence-corrected chi connectivity index (χ2v) is 6.59. The number of rotatable bonds is 5. The van der Waals surface area contributed by atoms with Crippen molar-refractivity contribution in [2.75, 3.05) is 55.6 Å². The first-order chi connectivity index (χ1) is 12.1. The van der Waals surface area contributed by atoms with E-state index in [9.17, 15) is 0 Å². The molecule has 2 heterocycles. The molecule has 0 saturated carbocycles. The van der Waals surface area contributed by atoms with E-state index in [0.29, 0.717) is 31.1 Å². The van der Waals surface area contributed by atoms with Crippen LogP contribution in [-0.4, -0.2) is 61.6 Å². The van der Waals surface area contributed by atoms with Crippen LogP contribution in [0, 0.1) is 0 Å². The van der Waals surface area contributed by atoms with Gasteiger partial charge in [-0.3, -0.25) is 0 Å². The molecule has 2 aromatic rings.